The van der Waals surface area contributed by atoms with E-state index in [1.807, 2.05) is 0 Å². The van der Waals surface area contributed by atoms with Crippen molar-refractivity contribution < 1.29 is 22.9 Å². The second kappa shape index (κ2) is 8.23. The Kier molecular flexibility index (Phi) is 6.45. The van der Waals surface area contributed by atoms with E-state index in [0.29, 0.717) is 0 Å². The Hall–Kier alpha value is 1.56. The molecule has 1 unspecified atom stereocenters. The molecule has 2 N–H and O–H groups in total. The molecule has 39 heavy (non-hydrogen) atoms. The minimum Gasteiger partial charge on any atom is -0.478 e. The topological polar surface area (TPSA) is 91.7 Å². The summed E-state index contributed by atoms with van der Waals surface area (Å²) < 4.78 is 30.3. The molecule has 8 atom stereocenters. The lowest BCUT2D eigenvalue weighted by atomic mass is 9.57. The first kappa shape index (κ1) is 30.6. The van der Waals surface area contributed by atoms with Crippen LogP contribution in [0, 0.1) is 11.8 Å². The number of alkyl halides is 8. The highest BCUT2D eigenvalue weighted by molar-refractivity contribution is 7.86. The number of fused-ring (bicyclic) bond motifs is 14. The number of carboxylic acids is 1. The Bertz CT molecular complexity index is 1620. The van der Waals surface area contributed by atoms with E-state index in [0.717, 1.165) is 12.1 Å². The van der Waals surface area contributed by atoms with E-state index in [9.17, 15) is 22.9 Å². The molecule has 2 fully saturated rings. The quantitative estimate of drug-likeness (QED) is 0.231. The minimum atomic E-state index is -5.11. The van der Waals surface area contributed by atoms with Crippen LogP contribution < -0.4 is 0 Å². The zero-order valence-electron chi connectivity index (χ0n) is 18.0. The summed E-state index contributed by atoms with van der Waals surface area (Å²) in [7, 11) is -5.11. The van der Waals surface area contributed by atoms with Crippen molar-refractivity contribution in [1.82, 2.24) is 0 Å². The van der Waals surface area contributed by atoms with E-state index < -0.39 is 78.4 Å². The Labute approximate surface area is 281 Å². The molecule has 4 bridgehead atoms. The van der Waals surface area contributed by atoms with Crippen LogP contribution in [-0.4, -0.2) is 52.2 Å². The molecule has 2 saturated carbocycles. The van der Waals surface area contributed by atoms with Crippen LogP contribution in [0.25, 0.3) is 0 Å². The molecule has 0 radical (unpaired) electrons. The molecule has 1 aromatic carbocycles. The number of benzene rings is 1. The van der Waals surface area contributed by atoms with E-state index in [-0.39, 0.29) is 31.3 Å². The van der Waals surface area contributed by atoms with Gasteiger partial charge in [0, 0.05) is 23.7 Å². The highest BCUT2D eigenvalue weighted by Gasteiger charge is 2.91. The standard InChI is InChI=1S/C21H8Cl12O5S/c22-11-13(24)18(28)9-7(16(11,26)20(18,30)31)3-1-5(15(34)35)6(39(36,37)38)2-4(3)8-10(9)19(29)14(25)12(23)17(8,27)21(19,32)33/h1-2,7-10H,(H,34,35)(H,36,37,38)/t7-,8-,9?,10-,16+,17+,18-,19-/m0/s1. The first-order valence-electron chi connectivity index (χ1n) is 10.6. The van der Waals surface area contributed by atoms with Crippen molar-refractivity contribution >= 4 is 155 Å². The summed E-state index contributed by atoms with van der Waals surface area (Å²) in [4.78, 5) is 3.26. The summed E-state index contributed by atoms with van der Waals surface area (Å²) >= 11 is 82.7. The van der Waals surface area contributed by atoms with Gasteiger partial charge >= 0.3 is 5.97 Å². The average molecular weight is 798 g/mol. The number of hydrogen-bond donors (Lipinski definition) is 2. The minimum absolute atomic E-state index is 0.0296. The van der Waals surface area contributed by atoms with Gasteiger partial charge in [0.15, 0.2) is 8.67 Å². The molecular weight excluding hydrogens is 790 g/mol. The van der Waals surface area contributed by atoms with Crippen LogP contribution in [0.3, 0.4) is 0 Å². The van der Waals surface area contributed by atoms with Crippen LogP contribution in [0.4, 0.5) is 0 Å². The predicted octanol–water partition coefficient (Wildman–Crippen LogP) is 8.74. The van der Waals surface area contributed by atoms with Crippen molar-refractivity contribution in [2.24, 2.45) is 11.8 Å². The fraction of sp³-hybridized carbons (Fsp3) is 0.476. The molecule has 5 aliphatic carbocycles. The van der Waals surface area contributed by atoms with E-state index in [4.69, 9.17) is 139 Å². The van der Waals surface area contributed by atoms with Crippen LogP contribution in [0.5, 0.6) is 0 Å². The van der Waals surface area contributed by atoms with Crippen molar-refractivity contribution in [2.75, 3.05) is 0 Å². The Morgan fingerprint density at radius 3 is 1.33 bits per heavy atom. The first-order chi connectivity index (χ1) is 17.5. The van der Waals surface area contributed by atoms with Crippen LogP contribution in [0.15, 0.2) is 37.2 Å². The van der Waals surface area contributed by atoms with Gasteiger partial charge in [-0.2, -0.15) is 8.42 Å². The third kappa shape index (κ3) is 2.87. The smallest absolute Gasteiger partial charge is 0.337 e. The van der Waals surface area contributed by atoms with Crippen molar-refractivity contribution in [2.45, 2.75) is 44.9 Å². The molecule has 6 rings (SSSR count). The molecule has 0 aromatic heterocycles. The summed E-state index contributed by atoms with van der Waals surface area (Å²) in [6.07, 6.45) is 0. The summed E-state index contributed by atoms with van der Waals surface area (Å²) in [5.74, 6) is -6.33. The third-order valence-corrected chi connectivity index (χ3v) is 18.2. The van der Waals surface area contributed by atoms with Gasteiger partial charge in [-0.1, -0.05) is 92.8 Å². The zero-order valence-corrected chi connectivity index (χ0v) is 27.9. The van der Waals surface area contributed by atoms with Gasteiger partial charge in [-0.3, -0.25) is 4.55 Å². The Balaban J connectivity index is 1.84. The van der Waals surface area contributed by atoms with Gasteiger partial charge in [-0.05, 0) is 23.3 Å². The van der Waals surface area contributed by atoms with Gasteiger partial charge in [-0.15, -0.1) is 46.4 Å². The van der Waals surface area contributed by atoms with Gasteiger partial charge < -0.3 is 5.11 Å². The number of hydrogen-bond acceptors (Lipinski definition) is 3. The summed E-state index contributed by atoms with van der Waals surface area (Å²) in [6.45, 7) is 0. The largest absolute Gasteiger partial charge is 0.478 e. The second-order valence-electron chi connectivity index (χ2n) is 10.0. The molecule has 0 spiro atoms. The summed E-state index contributed by atoms with van der Waals surface area (Å²) in [5, 5.41) is 9.02. The lowest BCUT2D eigenvalue weighted by Crippen LogP contribution is -2.53. The van der Waals surface area contributed by atoms with E-state index in [1.165, 1.54) is 0 Å². The summed E-state index contributed by atoms with van der Waals surface area (Å²) in [6, 6.07) is 1.92. The molecule has 0 aliphatic heterocycles. The monoisotopic (exact) mass is 792 g/mol. The van der Waals surface area contributed by atoms with Crippen molar-refractivity contribution in [3.05, 3.63) is 49.0 Å². The highest BCUT2D eigenvalue weighted by atomic mass is 35.5. The number of halogens is 12. The SMILES string of the molecule is O=C(O)c1cc2c(cc1S(=O)(=O)O)[C@H]1[C@@H](C3[C@H]2[C@@]2(Cl)C(Cl)=C(Cl)[C@]3(Cl)C2(Cl)Cl)[C@]2(Cl)C(Cl)=C(Cl)[C@@]1(Cl)C2(Cl)Cl. The van der Waals surface area contributed by atoms with Gasteiger partial charge in [0.05, 0.1) is 25.7 Å². The maximum absolute atomic E-state index is 12.3. The average Bonchev–Trinajstić information content (AvgIpc) is 3.16. The van der Waals surface area contributed by atoms with Gasteiger partial charge in [0.25, 0.3) is 10.1 Å². The van der Waals surface area contributed by atoms with Gasteiger partial charge in [0.1, 0.15) is 24.4 Å². The van der Waals surface area contributed by atoms with Crippen molar-refractivity contribution in [1.29, 1.82) is 0 Å². The lowest BCUT2D eigenvalue weighted by Gasteiger charge is -2.52. The molecule has 1 aromatic rings. The number of carbonyl (C=O) groups is 1. The van der Waals surface area contributed by atoms with Crippen LogP contribution in [-0.2, 0) is 10.1 Å². The zero-order chi connectivity index (χ0) is 29.4. The van der Waals surface area contributed by atoms with Gasteiger partial charge in [-0.25, -0.2) is 4.79 Å². The highest BCUT2D eigenvalue weighted by Crippen LogP contribution is 2.88. The number of aromatic carboxylic acids is 1. The maximum atomic E-state index is 12.3. The fourth-order valence-corrected chi connectivity index (χ4v) is 14.1. The Morgan fingerprint density at radius 2 is 1.00 bits per heavy atom. The number of rotatable bonds is 2. The van der Waals surface area contributed by atoms with E-state index >= 15 is 0 Å². The maximum Gasteiger partial charge on any atom is 0.337 e. The molecule has 5 nitrogen and oxygen atoms in total. The van der Waals surface area contributed by atoms with E-state index in [1.54, 1.807) is 0 Å². The van der Waals surface area contributed by atoms with Crippen molar-refractivity contribution in [3.63, 3.8) is 0 Å². The fourth-order valence-electron chi connectivity index (χ4n) is 7.31. The van der Waals surface area contributed by atoms with Gasteiger partial charge in [0.2, 0.25) is 0 Å². The van der Waals surface area contributed by atoms with Crippen LogP contribution in [0.1, 0.15) is 33.3 Å². The van der Waals surface area contributed by atoms with E-state index in [2.05, 4.69) is 0 Å². The van der Waals surface area contributed by atoms with Crippen LogP contribution in [0.2, 0.25) is 0 Å². The summed E-state index contributed by atoms with van der Waals surface area (Å²) in [5.41, 5.74) is -0.688. The van der Waals surface area contributed by atoms with Crippen molar-refractivity contribution in [3.8, 4) is 0 Å². The Morgan fingerprint density at radius 1 is 0.667 bits per heavy atom. The molecule has 18 heteroatoms. The second-order valence-corrected chi connectivity index (χ2v) is 18.0. The molecule has 212 valence electrons. The molecule has 0 amide bonds. The molecule has 5 aliphatic rings. The predicted molar refractivity (Wildman–Crippen MR) is 156 cm³/mol. The lowest BCUT2D eigenvalue weighted by molar-refractivity contribution is 0.0691. The number of allylic oxidation sites excluding steroid dienone is 4. The molecular formula is C21H8Cl12O5S. The molecule has 0 saturated heterocycles. The third-order valence-electron chi connectivity index (χ3n) is 8.74. The first-order valence-corrected chi connectivity index (χ1v) is 16.5. The van der Waals surface area contributed by atoms with Crippen LogP contribution >= 0.6 is 139 Å². The molecule has 0 heterocycles. The normalized spacial score (nSPS) is 44.5. The number of carboxylic acid groups (broad SMARTS) is 1.